The van der Waals surface area contributed by atoms with Crippen LogP contribution in [0.2, 0.25) is 0 Å². The minimum atomic E-state index is -4.11. The van der Waals surface area contributed by atoms with Crippen LogP contribution in [0, 0.1) is 0 Å². The highest BCUT2D eigenvalue weighted by Crippen LogP contribution is 2.37. The van der Waals surface area contributed by atoms with Gasteiger partial charge in [0.05, 0.1) is 4.90 Å². The third-order valence-electron chi connectivity index (χ3n) is 3.89. The van der Waals surface area contributed by atoms with Gasteiger partial charge in [-0.3, -0.25) is 4.79 Å². The molecule has 1 aromatic carbocycles. The Morgan fingerprint density at radius 2 is 1.92 bits per heavy atom. The van der Waals surface area contributed by atoms with E-state index < -0.39 is 28.5 Å². The summed E-state index contributed by atoms with van der Waals surface area (Å²) in [6.45, 7) is 0.0312. The molecule has 0 fully saturated rings. The summed E-state index contributed by atoms with van der Waals surface area (Å²) in [4.78, 5) is 12.3. The van der Waals surface area contributed by atoms with E-state index >= 15 is 0 Å². The zero-order valence-corrected chi connectivity index (χ0v) is 13.9. The fourth-order valence-electron chi connectivity index (χ4n) is 2.73. The number of fused-ring (bicyclic) bond motifs is 1. The molecule has 0 aliphatic carbocycles. The van der Waals surface area contributed by atoms with Crippen LogP contribution >= 0.6 is 11.3 Å². The molecule has 2 heterocycles. The predicted molar refractivity (Wildman–Crippen MR) is 83.7 cm³/mol. The maximum atomic E-state index is 12.8. The number of carbonyl (C=O) groups is 1. The molecule has 1 aliphatic rings. The largest absolute Gasteiger partial charge is 0.480 e. The van der Waals surface area contributed by atoms with Crippen LogP contribution < -0.4 is 0 Å². The first-order valence-electron chi connectivity index (χ1n) is 7.01. The molecule has 3 rings (SSSR count). The number of rotatable bonds is 4. The monoisotopic (exact) mass is 373 g/mol. The van der Waals surface area contributed by atoms with E-state index in [4.69, 9.17) is 0 Å². The Kier molecular flexibility index (Phi) is 4.41. The highest BCUT2D eigenvalue weighted by atomic mass is 32.2. The quantitative estimate of drug-likeness (QED) is 0.894. The Balaban J connectivity index is 2.01. The lowest BCUT2D eigenvalue weighted by atomic mass is 10.0. The van der Waals surface area contributed by atoms with Gasteiger partial charge >= 0.3 is 5.97 Å². The molecule has 0 spiro atoms. The lowest BCUT2D eigenvalue weighted by Gasteiger charge is -2.32. The number of thiophene rings is 1. The fourth-order valence-corrected chi connectivity index (χ4v) is 5.20. The number of halogens is 2. The van der Waals surface area contributed by atoms with E-state index in [1.54, 1.807) is 11.4 Å². The molecule has 0 saturated heterocycles. The smallest absolute Gasteiger partial charge is 0.326 e. The van der Waals surface area contributed by atoms with Crippen LogP contribution in [0.5, 0.6) is 0 Å². The van der Waals surface area contributed by atoms with Crippen LogP contribution in [0.15, 0.2) is 40.6 Å². The first-order valence-corrected chi connectivity index (χ1v) is 9.33. The predicted octanol–water partition coefficient (Wildman–Crippen LogP) is 3.06. The van der Waals surface area contributed by atoms with E-state index in [0.717, 1.165) is 33.4 Å². The summed E-state index contributed by atoms with van der Waals surface area (Å²) in [6, 6.07) is 4.54. The van der Waals surface area contributed by atoms with Crippen molar-refractivity contribution in [2.75, 3.05) is 6.54 Å². The molecule has 1 unspecified atom stereocenters. The van der Waals surface area contributed by atoms with Crippen LogP contribution in [-0.2, 0) is 21.2 Å². The number of nitrogens with zero attached hydrogens (tertiary/aromatic N) is 1. The lowest BCUT2D eigenvalue weighted by Crippen LogP contribution is -2.42. The topological polar surface area (TPSA) is 74.7 Å². The number of aliphatic carboxylic acids is 1. The Bertz CT molecular complexity index is 862. The van der Waals surface area contributed by atoms with Crippen molar-refractivity contribution in [3.63, 3.8) is 0 Å². The van der Waals surface area contributed by atoms with Crippen molar-refractivity contribution < 1.29 is 27.1 Å². The second kappa shape index (κ2) is 6.23. The number of alkyl halides is 2. The van der Waals surface area contributed by atoms with E-state index in [0.29, 0.717) is 12.0 Å². The third kappa shape index (κ3) is 2.83. The van der Waals surface area contributed by atoms with Crippen LogP contribution in [0.4, 0.5) is 8.78 Å². The highest BCUT2D eigenvalue weighted by Gasteiger charge is 2.41. The number of carboxylic acids is 1. The molecule has 2 aromatic rings. The normalized spacial score (nSPS) is 18.5. The lowest BCUT2D eigenvalue weighted by molar-refractivity contribution is -0.142. The molecule has 128 valence electrons. The Labute approximate surface area is 141 Å². The van der Waals surface area contributed by atoms with Gasteiger partial charge in [-0.2, -0.15) is 4.31 Å². The van der Waals surface area contributed by atoms with Crippen LogP contribution in [0.3, 0.4) is 0 Å². The summed E-state index contributed by atoms with van der Waals surface area (Å²) in [5, 5.41) is 11.2. The summed E-state index contributed by atoms with van der Waals surface area (Å²) in [7, 11) is -4.11. The highest BCUT2D eigenvalue weighted by molar-refractivity contribution is 7.89. The van der Waals surface area contributed by atoms with Crippen LogP contribution in [0.25, 0.3) is 0 Å². The summed E-state index contributed by atoms with van der Waals surface area (Å²) in [5.74, 6) is -1.26. The number of hydrogen-bond acceptors (Lipinski definition) is 4. The number of hydrogen-bond donors (Lipinski definition) is 1. The van der Waals surface area contributed by atoms with Gasteiger partial charge in [0.15, 0.2) is 0 Å². The average molecular weight is 373 g/mol. The summed E-state index contributed by atoms with van der Waals surface area (Å²) < 4.78 is 51.7. The van der Waals surface area contributed by atoms with E-state index in [9.17, 15) is 27.1 Å². The second-order valence-electron chi connectivity index (χ2n) is 5.28. The zero-order chi connectivity index (χ0) is 17.5. The van der Waals surface area contributed by atoms with Gasteiger partial charge in [-0.25, -0.2) is 17.2 Å². The van der Waals surface area contributed by atoms with Crippen molar-refractivity contribution in [3.05, 3.63) is 51.7 Å². The van der Waals surface area contributed by atoms with Crippen molar-refractivity contribution in [1.82, 2.24) is 4.31 Å². The molecule has 5 nitrogen and oxygen atoms in total. The number of sulfonamides is 1. The van der Waals surface area contributed by atoms with Gasteiger partial charge in [-0.05, 0) is 35.6 Å². The van der Waals surface area contributed by atoms with E-state index in [1.165, 1.54) is 11.3 Å². The molecule has 0 amide bonds. The number of carboxylic acid groups (broad SMARTS) is 1. The van der Waals surface area contributed by atoms with Gasteiger partial charge in [0, 0.05) is 17.0 Å². The molecule has 1 aromatic heterocycles. The molecule has 24 heavy (non-hydrogen) atoms. The summed E-state index contributed by atoms with van der Waals surface area (Å²) in [6.07, 6.45) is -2.28. The second-order valence-corrected chi connectivity index (χ2v) is 8.17. The van der Waals surface area contributed by atoms with Gasteiger partial charge in [0.1, 0.15) is 6.04 Å². The Hall–Kier alpha value is -1.84. The molecule has 0 saturated carbocycles. The van der Waals surface area contributed by atoms with E-state index in [-0.39, 0.29) is 17.0 Å². The Morgan fingerprint density at radius 3 is 2.50 bits per heavy atom. The molecular weight excluding hydrogens is 360 g/mol. The minimum absolute atomic E-state index is 0.0312. The third-order valence-corrected chi connectivity index (χ3v) is 6.77. The molecule has 0 radical (unpaired) electrons. The summed E-state index contributed by atoms with van der Waals surface area (Å²) in [5.41, 5.74) is 0.175. The maximum absolute atomic E-state index is 12.8. The van der Waals surface area contributed by atoms with Crippen molar-refractivity contribution in [2.45, 2.75) is 23.8 Å². The Morgan fingerprint density at radius 1 is 1.25 bits per heavy atom. The van der Waals surface area contributed by atoms with Gasteiger partial charge < -0.3 is 5.11 Å². The fraction of sp³-hybridized carbons (Fsp3) is 0.267. The molecular formula is C15H13F2NO4S2. The standard InChI is InChI=1S/C15H13F2NO4S2/c16-14(17)9-1-3-10(4-2-9)24(21,22)18-7-5-12-11(6-8-23-12)13(18)15(19)20/h1-4,6,8,13-14H,5,7H2,(H,19,20). The van der Waals surface area contributed by atoms with Crippen LogP contribution in [-0.4, -0.2) is 30.3 Å². The molecule has 9 heteroatoms. The first-order chi connectivity index (χ1) is 11.3. The minimum Gasteiger partial charge on any atom is -0.480 e. The van der Waals surface area contributed by atoms with E-state index in [1.807, 2.05) is 0 Å². The zero-order valence-electron chi connectivity index (χ0n) is 12.2. The SMILES string of the molecule is O=C(O)C1c2ccsc2CCN1S(=O)(=O)c1ccc(C(F)F)cc1. The van der Waals surface area contributed by atoms with Crippen LogP contribution in [0.1, 0.15) is 28.5 Å². The van der Waals surface area contributed by atoms with Crippen molar-refractivity contribution in [3.8, 4) is 0 Å². The van der Waals surface area contributed by atoms with Gasteiger partial charge in [-0.1, -0.05) is 12.1 Å². The molecule has 1 aliphatic heterocycles. The average Bonchev–Trinajstić information content (AvgIpc) is 3.02. The van der Waals surface area contributed by atoms with Crippen molar-refractivity contribution in [2.24, 2.45) is 0 Å². The van der Waals surface area contributed by atoms with E-state index in [2.05, 4.69) is 0 Å². The van der Waals surface area contributed by atoms with Gasteiger partial charge in [0.25, 0.3) is 6.43 Å². The van der Waals surface area contributed by atoms with Gasteiger partial charge in [-0.15, -0.1) is 11.3 Å². The van der Waals surface area contributed by atoms with Crippen molar-refractivity contribution >= 4 is 27.3 Å². The number of benzene rings is 1. The first kappa shape index (κ1) is 17.0. The molecule has 1 N–H and O–H groups in total. The summed E-state index contributed by atoms with van der Waals surface area (Å²) >= 11 is 1.39. The molecule has 1 atom stereocenters. The van der Waals surface area contributed by atoms with Gasteiger partial charge in [0.2, 0.25) is 10.0 Å². The maximum Gasteiger partial charge on any atom is 0.326 e. The van der Waals surface area contributed by atoms with Crippen molar-refractivity contribution in [1.29, 1.82) is 0 Å². The molecule has 0 bridgehead atoms.